The smallest absolute Gasteiger partial charge is 0.240 e. The van der Waals surface area contributed by atoms with Gasteiger partial charge in [0.25, 0.3) is 0 Å². The molecule has 0 atom stereocenters. The largest absolute Gasteiger partial charge is 0.306 e. The van der Waals surface area contributed by atoms with Crippen LogP contribution in [0.4, 0.5) is 5.13 Å². The van der Waals surface area contributed by atoms with Gasteiger partial charge in [-0.25, -0.2) is 0 Å². The van der Waals surface area contributed by atoms with Gasteiger partial charge in [0.1, 0.15) is 0 Å². The van der Waals surface area contributed by atoms with E-state index in [1.54, 1.807) is 0 Å². The first-order valence-electron chi connectivity index (χ1n) is 5.03. The number of anilines is 1. The molecule has 1 aliphatic carbocycles. The first kappa shape index (κ1) is 10.4. The van der Waals surface area contributed by atoms with Crippen molar-refractivity contribution in [3.63, 3.8) is 0 Å². The van der Waals surface area contributed by atoms with E-state index in [1.807, 2.05) is 0 Å². The van der Waals surface area contributed by atoms with Crippen LogP contribution in [0.2, 0.25) is 0 Å². The summed E-state index contributed by atoms with van der Waals surface area (Å²) in [6.07, 6.45) is 4.88. The highest BCUT2D eigenvalue weighted by Gasteiger charge is 2.15. The molecule has 0 spiro atoms. The van der Waals surface area contributed by atoms with Crippen LogP contribution in [-0.2, 0) is 4.79 Å². The molecule has 1 aromatic rings. The van der Waals surface area contributed by atoms with Crippen molar-refractivity contribution in [3.05, 3.63) is 0 Å². The van der Waals surface area contributed by atoms with Crippen molar-refractivity contribution >= 4 is 22.6 Å². The summed E-state index contributed by atoms with van der Waals surface area (Å²) in [4.78, 5) is 11.4. The first-order chi connectivity index (χ1) is 7.34. The molecule has 2 rings (SSSR count). The normalized spacial score (nSPS) is 16.8. The number of rotatable bonds is 4. The van der Waals surface area contributed by atoms with Gasteiger partial charge in [0.05, 0.1) is 6.54 Å². The molecule has 7 heteroatoms. The lowest BCUT2D eigenvalue weighted by Gasteiger charge is -2.10. The van der Waals surface area contributed by atoms with Gasteiger partial charge in [-0.15, -0.1) is 0 Å². The molecular weight excluding hydrogens is 214 g/mol. The lowest BCUT2D eigenvalue weighted by Crippen LogP contribution is -2.34. The zero-order chi connectivity index (χ0) is 10.5. The molecule has 2 N–H and O–H groups in total. The summed E-state index contributed by atoms with van der Waals surface area (Å²) in [6, 6.07) is 0.503. The van der Waals surface area contributed by atoms with Crippen molar-refractivity contribution in [2.24, 2.45) is 0 Å². The second-order valence-electron chi connectivity index (χ2n) is 3.58. The van der Waals surface area contributed by atoms with Crippen LogP contribution in [0.3, 0.4) is 0 Å². The maximum absolute atomic E-state index is 11.4. The van der Waals surface area contributed by atoms with Gasteiger partial charge in [0.2, 0.25) is 11.0 Å². The minimum atomic E-state index is -0.0829. The van der Waals surface area contributed by atoms with Gasteiger partial charge in [-0.05, 0) is 18.1 Å². The number of amides is 1. The van der Waals surface area contributed by atoms with E-state index in [-0.39, 0.29) is 5.91 Å². The number of carbonyl (C=O) groups excluding carboxylic acids is 1. The van der Waals surface area contributed by atoms with Crippen molar-refractivity contribution in [3.8, 4) is 0 Å². The zero-order valence-corrected chi connectivity index (χ0v) is 9.09. The second-order valence-corrected chi connectivity index (χ2v) is 4.31. The van der Waals surface area contributed by atoms with E-state index in [0.717, 1.165) is 11.5 Å². The highest BCUT2D eigenvalue weighted by Crippen LogP contribution is 2.17. The molecule has 0 radical (unpaired) electrons. The Labute approximate surface area is 91.6 Å². The Bertz CT molecular complexity index is 309. The van der Waals surface area contributed by atoms with Crippen LogP contribution in [0.15, 0.2) is 0 Å². The van der Waals surface area contributed by atoms with E-state index in [2.05, 4.69) is 25.4 Å². The SMILES string of the molecule is O=C(CNC1CCCC1)Nc1nnns1. The Hall–Kier alpha value is -1.08. The van der Waals surface area contributed by atoms with Crippen LogP contribution in [0, 0.1) is 0 Å². The number of nitrogens with zero attached hydrogens (tertiary/aromatic N) is 3. The fraction of sp³-hybridized carbons (Fsp3) is 0.750. The molecule has 1 saturated carbocycles. The van der Waals surface area contributed by atoms with Gasteiger partial charge in [0.15, 0.2) is 0 Å². The Morgan fingerprint density at radius 3 is 2.93 bits per heavy atom. The fourth-order valence-electron chi connectivity index (χ4n) is 1.71. The fourth-order valence-corrected chi connectivity index (χ4v) is 2.10. The second kappa shape index (κ2) is 5.13. The van der Waals surface area contributed by atoms with E-state index >= 15 is 0 Å². The van der Waals surface area contributed by atoms with Gasteiger partial charge < -0.3 is 5.32 Å². The van der Waals surface area contributed by atoms with E-state index in [1.165, 1.54) is 25.7 Å². The standard InChI is InChI=1S/C8H13N5OS/c14-7(10-8-11-12-13-15-8)5-9-6-3-1-2-4-6/h6,9H,1-5H2,(H,10,11,13,14). The molecule has 0 aliphatic heterocycles. The van der Waals surface area contributed by atoms with Crippen LogP contribution in [0.5, 0.6) is 0 Å². The van der Waals surface area contributed by atoms with Crippen molar-refractivity contribution in [1.29, 1.82) is 0 Å². The summed E-state index contributed by atoms with van der Waals surface area (Å²) in [7, 11) is 0. The van der Waals surface area contributed by atoms with Crippen molar-refractivity contribution in [1.82, 2.24) is 20.1 Å². The Balaban J connectivity index is 1.68. The average molecular weight is 227 g/mol. The summed E-state index contributed by atoms with van der Waals surface area (Å²) in [5.41, 5.74) is 0. The molecular formula is C8H13N5OS. The lowest BCUT2D eigenvalue weighted by molar-refractivity contribution is -0.115. The molecule has 0 saturated heterocycles. The van der Waals surface area contributed by atoms with E-state index in [0.29, 0.717) is 17.7 Å². The maximum atomic E-state index is 11.4. The van der Waals surface area contributed by atoms with Crippen LogP contribution in [-0.4, -0.2) is 33.3 Å². The van der Waals surface area contributed by atoms with Gasteiger partial charge in [-0.1, -0.05) is 22.4 Å². The number of nitrogens with one attached hydrogen (secondary N) is 2. The van der Waals surface area contributed by atoms with Gasteiger partial charge in [-0.2, -0.15) is 0 Å². The highest BCUT2D eigenvalue weighted by molar-refractivity contribution is 7.09. The van der Waals surface area contributed by atoms with Crippen LogP contribution in [0.25, 0.3) is 0 Å². The van der Waals surface area contributed by atoms with E-state index in [9.17, 15) is 4.79 Å². The monoisotopic (exact) mass is 227 g/mol. The van der Waals surface area contributed by atoms with Crippen molar-refractivity contribution in [2.45, 2.75) is 31.7 Å². The molecule has 82 valence electrons. The maximum Gasteiger partial charge on any atom is 0.240 e. The minimum Gasteiger partial charge on any atom is -0.306 e. The van der Waals surface area contributed by atoms with Gasteiger partial charge in [-0.3, -0.25) is 10.1 Å². The van der Waals surface area contributed by atoms with Gasteiger partial charge in [0, 0.05) is 17.6 Å². The van der Waals surface area contributed by atoms with E-state index < -0.39 is 0 Å². The summed E-state index contributed by atoms with van der Waals surface area (Å²) in [5, 5.41) is 13.3. The Kier molecular flexibility index (Phi) is 3.57. The number of aromatic nitrogens is 3. The highest BCUT2D eigenvalue weighted by atomic mass is 32.1. The molecule has 1 aliphatic rings. The van der Waals surface area contributed by atoms with Crippen LogP contribution < -0.4 is 10.6 Å². The molecule has 0 unspecified atom stereocenters. The predicted molar refractivity (Wildman–Crippen MR) is 56.6 cm³/mol. The third-order valence-corrected chi connectivity index (χ3v) is 2.96. The summed E-state index contributed by atoms with van der Waals surface area (Å²) in [6.45, 7) is 0.338. The Morgan fingerprint density at radius 1 is 1.47 bits per heavy atom. The number of hydrogen-bond donors (Lipinski definition) is 2. The molecule has 1 heterocycles. The third kappa shape index (κ3) is 3.21. The average Bonchev–Trinajstić information content (AvgIpc) is 2.86. The number of hydrogen-bond acceptors (Lipinski definition) is 6. The molecule has 0 bridgehead atoms. The summed E-state index contributed by atoms with van der Waals surface area (Å²) < 4.78 is 3.56. The van der Waals surface area contributed by atoms with Gasteiger partial charge >= 0.3 is 0 Å². The summed E-state index contributed by atoms with van der Waals surface area (Å²) >= 11 is 1.08. The summed E-state index contributed by atoms with van der Waals surface area (Å²) in [5.74, 6) is -0.0829. The van der Waals surface area contributed by atoms with Crippen LogP contribution in [0.1, 0.15) is 25.7 Å². The Morgan fingerprint density at radius 2 is 2.27 bits per heavy atom. The van der Waals surface area contributed by atoms with Crippen molar-refractivity contribution < 1.29 is 4.79 Å². The zero-order valence-electron chi connectivity index (χ0n) is 8.27. The topological polar surface area (TPSA) is 79.8 Å². The molecule has 15 heavy (non-hydrogen) atoms. The molecule has 1 amide bonds. The lowest BCUT2D eigenvalue weighted by atomic mass is 10.2. The number of carbonyl (C=O) groups is 1. The quantitative estimate of drug-likeness (QED) is 0.778. The molecule has 0 aromatic carbocycles. The van der Waals surface area contributed by atoms with E-state index in [4.69, 9.17) is 0 Å². The first-order valence-corrected chi connectivity index (χ1v) is 5.80. The third-order valence-electron chi connectivity index (χ3n) is 2.45. The molecule has 1 aromatic heterocycles. The predicted octanol–water partition coefficient (Wildman–Crippen LogP) is 0.404. The molecule has 6 nitrogen and oxygen atoms in total. The van der Waals surface area contributed by atoms with Crippen LogP contribution >= 0.6 is 11.5 Å². The van der Waals surface area contributed by atoms with Crippen molar-refractivity contribution in [2.75, 3.05) is 11.9 Å². The minimum absolute atomic E-state index is 0.0829. The molecule has 1 fully saturated rings.